The van der Waals surface area contributed by atoms with E-state index < -0.39 is 0 Å². The van der Waals surface area contributed by atoms with E-state index in [1.807, 2.05) is 22.8 Å². The number of ether oxygens (including phenoxy) is 1. The molecule has 0 bridgehead atoms. The van der Waals surface area contributed by atoms with Gasteiger partial charge < -0.3 is 9.64 Å². The second kappa shape index (κ2) is 5.79. The van der Waals surface area contributed by atoms with Crippen molar-refractivity contribution in [2.75, 3.05) is 26.7 Å². The largest absolute Gasteiger partial charge is 0.495 e. The Kier molecular flexibility index (Phi) is 3.87. The summed E-state index contributed by atoms with van der Waals surface area (Å²) in [5.41, 5.74) is 0.895. The first-order valence-electron chi connectivity index (χ1n) is 7.40. The third kappa shape index (κ3) is 2.77. The van der Waals surface area contributed by atoms with Crippen LogP contribution in [0.2, 0.25) is 0 Å². The van der Waals surface area contributed by atoms with Crippen LogP contribution < -0.4 is 4.74 Å². The molecule has 0 saturated carbocycles. The van der Waals surface area contributed by atoms with E-state index >= 15 is 0 Å². The van der Waals surface area contributed by atoms with Crippen LogP contribution in [0.4, 0.5) is 0 Å². The number of methoxy groups -OCH3 is 1. The fourth-order valence-corrected chi connectivity index (χ4v) is 2.88. The number of aromatic nitrogens is 3. The zero-order valence-corrected chi connectivity index (χ0v) is 12.2. The van der Waals surface area contributed by atoms with Crippen LogP contribution in [-0.2, 0) is 6.42 Å². The van der Waals surface area contributed by atoms with Crippen LogP contribution in [0.1, 0.15) is 25.6 Å². The maximum atomic E-state index is 5.21. The third-order valence-corrected chi connectivity index (χ3v) is 4.21. The van der Waals surface area contributed by atoms with Gasteiger partial charge in [0.2, 0.25) is 0 Å². The molecule has 1 fully saturated rings. The molecular weight excluding hydrogens is 252 g/mol. The molecule has 0 spiro atoms. The van der Waals surface area contributed by atoms with Crippen molar-refractivity contribution in [3.05, 3.63) is 24.2 Å². The van der Waals surface area contributed by atoms with E-state index in [0.717, 1.165) is 29.6 Å². The summed E-state index contributed by atoms with van der Waals surface area (Å²) in [5, 5.41) is 4.57. The lowest BCUT2D eigenvalue weighted by Gasteiger charge is -2.30. The van der Waals surface area contributed by atoms with E-state index in [1.165, 1.54) is 32.5 Å². The number of hydrogen-bond donors (Lipinski definition) is 0. The lowest BCUT2D eigenvalue weighted by atomic mass is 9.93. The number of pyridine rings is 1. The minimum atomic E-state index is 0.720. The first-order chi connectivity index (χ1) is 9.78. The molecule has 0 aromatic carbocycles. The zero-order valence-electron chi connectivity index (χ0n) is 12.2. The summed E-state index contributed by atoms with van der Waals surface area (Å²) in [5.74, 6) is 2.48. The first kappa shape index (κ1) is 13.4. The van der Waals surface area contributed by atoms with Gasteiger partial charge in [0.05, 0.1) is 13.3 Å². The van der Waals surface area contributed by atoms with Crippen LogP contribution in [0.3, 0.4) is 0 Å². The topological polar surface area (TPSA) is 42.7 Å². The normalized spacial score (nSPS) is 17.7. The quantitative estimate of drug-likeness (QED) is 0.855. The Labute approximate surface area is 119 Å². The van der Waals surface area contributed by atoms with Gasteiger partial charge in [-0.15, -0.1) is 0 Å². The Bertz CT molecular complexity index is 572. The highest BCUT2D eigenvalue weighted by Gasteiger charge is 2.20. The molecule has 2 aromatic heterocycles. The van der Waals surface area contributed by atoms with Crippen LogP contribution in [0.15, 0.2) is 18.3 Å². The van der Waals surface area contributed by atoms with E-state index in [4.69, 9.17) is 4.74 Å². The molecule has 1 aliphatic heterocycles. The van der Waals surface area contributed by atoms with Crippen molar-refractivity contribution < 1.29 is 4.74 Å². The molecule has 108 valence electrons. The van der Waals surface area contributed by atoms with Gasteiger partial charge in [0.1, 0.15) is 5.75 Å². The van der Waals surface area contributed by atoms with Crippen molar-refractivity contribution in [1.82, 2.24) is 19.5 Å². The summed E-state index contributed by atoms with van der Waals surface area (Å²) >= 11 is 0. The molecule has 0 radical (unpaired) electrons. The first-order valence-corrected chi connectivity index (χ1v) is 7.40. The molecule has 2 aromatic rings. The minimum absolute atomic E-state index is 0.720. The number of piperidine rings is 1. The highest BCUT2D eigenvalue weighted by Crippen LogP contribution is 2.21. The lowest BCUT2D eigenvalue weighted by Crippen LogP contribution is -2.34. The Balaban J connectivity index is 1.68. The van der Waals surface area contributed by atoms with Crippen molar-refractivity contribution in [3.63, 3.8) is 0 Å². The predicted molar refractivity (Wildman–Crippen MR) is 78.1 cm³/mol. The Morgan fingerprint density at radius 1 is 1.30 bits per heavy atom. The van der Waals surface area contributed by atoms with Crippen molar-refractivity contribution in [2.45, 2.75) is 26.2 Å². The van der Waals surface area contributed by atoms with Crippen molar-refractivity contribution in [3.8, 4) is 5.75 Å². The smallest absolute Gasteiger partial charge is 0.155 e. The molecule has 0 atom stereocenters. The molecule has 5 heteroatoms. The number of fused-ring (bicyclic) bond motifs is 1. The second-order valence-corrected chi connectivity index (χ2v) is 5.48. The highest BCUT2D eigenvalue weighted by molar-refractivity contribution is 5.40. The number of likely N-dealkylation sites (tertiary alicyclic amines) is 1. The van der Waals surface area contributed by atoms with E-state index in [2.05, 4.69) is 21.9 Å². The molecule has 0 unspecified atom stereocenters. The molecular formula is C15H22N4O. The molecule has 5 nitrogen and oxygen atoms in total. The molecule has 3 heterocycles. The Hall–Kier alpha value is -1.62. The molecule has 20 heavy (non-hydrogen) atoms. The van der Waals surface area contributed by atoms with Crippen molar-refractivity contribution in [1.29, 1.82) is 0 Å². The molecule has 3 rings (SSSR count). The number of hydrogen-bond acceptors (Lipinski definition) is 4. The lowest BCUT2D eigenvalue weighted by molar-refractivity contribution is 0.191. The van der Waals surface area contributed by atoms with Crippen LogP contribution in [0, 0.1) is 5.92 Å². The van der Waals surface area contributed by atoms with Crippen LogP contribution in [-0.4, -0.2) is 46.2 Å². The summed E-state index contributed by atoms with van der Waals surface area (Å²) in [6.07, 6.45) is 5.38. The summed E-state index contributed by atoms with van der Waals surface area (Å²) in [6.45, 7) is 5.82. The summed E-state index contributed by atoms with van der Waals surface area (Å²) in [4.78, 5) is 7.12. The maximum absolute atomic E-state index is 5.21. The zero-order chi connectivity index (χ0) is 13.9. The van der Waals surface area contributed by atoms with Gasteiger partial charge in [-0.05, 0) is 50.5 Å². The third-order valence-electron chi connectivity index (χ3n) is 4.21. The van der Waals surface area contributed by atoms with Gasteiger partial charge in [-0.1, -0.05) is 6.92 Å². The minimum Gasteiger partial charge on any atom is -0.495 e. The van der Waals surface area contributed by atoms with Gasteiger partial charge in [-0.3, -0.25) is 0 Å². The molecule has 0 N–H and O–H groups in total. The van der Waals surface area contributed by atoms with Crippen molar-refractivity contribution >= 4 is 5.65 Å². The number of nitrogens with zero attached hydrogens (tertiary/aromatic N) is 4. The van der Waals surface area contributed by atoms with Gasteiger partial charge in [0, 0.05) is 6.42 Å². The van der Waals surface area contributed by atoms with Gasteiger partial charge in [0.25, 0.3) is 0 Å². The van der Waals surface area contributed by atoms with Gasteiger partial charge in [-0.25, -0.2) is 9.50 Å². The number of rotatable bonds is 4. The Morgan fingerprint density at radius 2 is 2.10 bits per heavy atom. The van der Waals surface area contributed by atoms with E-state index in [0.29, 0.717) is 0 Å². The molecule has 0 aliphatic carbocycles. The monoisotopic (exact) mass is 274 g/mol. The standard InChI is InChI=1S/C15H22N4O/c1-3-18-8-6-12(7-9-18)10-14-16-15-5-4-13(20-2)11-19(15)17-14/h4-5,11-12H,3,6-10H2,1-2H3. The van der Waals surface area contributed by atoms with Gasteiger partial charge >= 0.3 is 0 Å². The van der Waals surface area contributed by atoms with Crippen LogP contribution in [0.5, 0.6) is 5.75 Å². The average molecular weight is 274 g/mol. The fraction of sp³-hybridized carbons (Fsp3) is 0.600. The van der Waals surface area contributed by atoms with Gasteiger partial charge in [0.15, 0.2) is 11.5 Å². The summed E-state index contributed by atoms with van der Waals surface area (Å²) < 4.78 is 7.03. The van der Waals surface area contributed by atoms with E-state index in [9.17, 15) is 0 Å². The average Bonchev–Trinajstić information content (AvgIpc) is 2.89. The molecule has 1 aliphatic rings. The van der Waals surface area contributed by atoms with E-state index in [-0.39, 0.29) is 0 Å². The molecule has 1 saturated heterocycles. The fourth-order valence-electron chi connectivity index (χ4n) is 2.88. The van der Waals surface area contributed by atoms with Gasteiger partial charge in [-0.2, -0.15) is 5.10 Å². The SMILES string of the molecule is CCN1CCC(Cc2nc3ccc(OC)cn3n2)CC1. The van der Waals surface area contributed by atoms with E-state index in [1.54, 1.807) is 7.11 Å². The maximum Gasteiger partial charge on any atom is 0.155 e. The van der Waals surface area contributed by atoms with Crippen LogP contribution in [0.25, 0.3) is 5.65 Å². The van der Waals surface area contributed by atoms with Crippen molar-refractivity contribution in [2.24, 2.45) is 5.92 Å². The predicted octanol–water partition coefficient (Wildman–Crippen LogP) is 2.01. The summed E-state index contributed by atoms with van der Waals surface area (Å²) in [7, 11) is 1.67. The Morgan fingerprint density at radius 3 is 2.80 bits per heavy atom. The second-order valence-electron chi connectivity index (χ2n) is 5.48. The van der Waals surface area contributed by atoms with Crippen LogP contribution >= 0.6 is 0 Å². The molecule has 0 amide bonds. The highest BCUT2D eigenvalue weighted by atomic mass is 16.5. The summed E-state index contributed by atoms with van der Waals surface area (Å²) in [6, 6.07) is 3.88.